The van der Waals surface area contributed by atoms with Gasteiger partial charge in [-0.15, -0.1) is 11.3 Å². The number of thiazole rings is 1. The normalized spacial score (nSPS) is 21.9. The van der Waals surface area contributed by atoms with Gasteiger partial charge in [-0.25, -0.2) is 14.7 Å². The predicted octanol–water partition coefficient (Wildman–Crippen LogP) is 1.92. The molecule has 0 spiro atoms. The molecule has 0 radical (unpaired) electrons. The summed E-state index contributed by atoms with van der Waals surface area (Å²) in [6.45, 7) is 7.13. The molecular formula is C13H21BrN4O3SSi. The van der Waals surface area contributed by atoms with Crippen LogP contribution in [0.25, 0.3) is 0 Å². The SMILES string of the molecule is C[Si](C)(C)CCOCN1C(=O)N[C@@](CN)(c2nc(Br)cs2)C1=O. The molecule has 0 aliphatic carbocycles. The first-order valence-corrected chi connectivity index (χ1v) is 12.6. The van der Waals surface area contributed by atoms with Gasteiger partial charge in [0.05, 0.1) is 0 Å². The molecule has 23 heavy (non-hydrogen) atoms. The van der Waals surface area contributed by atoms with Gasteiger partial charge in [0.1, 0.15) is 16.3 Å². The van der Waals surface area contributed by atoms with Crippen molar-refractivity contribution < 1.29 is 14.3 Å². The lowest BCUT2D eigenvalue weighted by Crippen LogP contribution is -2.50. The molecule has 128 valence electrons. The number of imide groups is 1. The number of carbonyl (C=O) groups excluding carboxylic acids is 2. The number of hydrogen-bond acceptors (Lipinski definition) is 6. The second-order valence-corrected chi connectivity index (χ2v) is 13.9. The van der Waals surface area contributed by atoms with Crippen molar-refractivity contribution in [2.45, 2.75) is 31.2 Å². The van der Waals surface area contributed by atoms with Gasteiger partial charge in [-0.1, -0.05) is 19.6 Å². The lowest BCUT2D eigenvalue weighted by atomic mass is 10.0. The van der Waals surface area contributed by atoms with E-state index in [9.17, 15) is 9.59 Å². The Balaban J connectivity index is 2.06. The first-order chi connectivity index (χ1) is 10.7. The van der Waals surface area contributed by atoms with E-state index in [1.54, 1.807) is 5.38 Å². The van der Waals surface area contributed by atoms with Gasteiger partial charge < -0.3 is 15.8 Å². The molecule has 1 aromatic rings. The summed E-state index contributed by atoms with van der Waals surface area (Å²) >= 11 is 4.53. The standard InChI is InChI=1S/C13H21BrN4O3SSi/c1-23(2,3)5-4-21-8-18-11(19)13(7-15,17-12(18)20)10-16-9(14)6-22-10/h6H,4-5,7-8,15H2,1-3H3,(H,17,20)/t13-/m0/s1. The highest BCUT2D eigenvalue weighted by atomic mass is 79.9. The van der Waals surface area contributed by atoms with Crippen LogP contribution >= 0.6 is 27.3 Å². The van der Waals surface area contributed by atoms with Crippen LogP contribution in [0.2, 0.25) is 25.7 Å². The van der Waals surface area contributed by atoms with Crippen LogP contribution in [0.15, 0.2) is 9.98 Å². The maximum absolute atomic E-state index is 12.7. The van der Waals surface area contributed by atoms with Gasteiger partial charge >= 0.3 is 6.03 Å². The first-order valence-electron chi connectivity index (χ1n) is 7.23. The van der Waals surface area contributed by atoms with Crippen molar-refractivity contribution in [3.63, 3.8) is 0 Å². The van der Waals surface area contributed by atoms with Crippen LogP contribution in [0.3, 0.4) is 0 Å². The Hall–Kier alpha value is -0.813. The van der Waals surface area contributed by atoms with E-state index in [2.05, 4.69) is 45.9 Å². The highest BCUT2D eigenvalue weighted by molar-refractivity contribution is 9.10. The molecule has 2 heterocycles. The second-order valence-electron chi connectivity index (χ2n) is 6.60. The van der Waals surface area contributed by atoms with Crippen molar-refractivity contribution in [3.8, 4) is 0 Å². The lowest BCUT2D eigenvalue weighted by molar-refractivity contribution is -0.135. The Morgan fingerprint density at radius 1 is 1.48 bits per heavy atom. The minimum atomic E-state index is -1.30. The summed E-state index contributed by atoms with van der Waals surface area (Å²) in [4.78, 5) is 30.2. The number of nitrogens with two attached hydrogens (primary N) is 1. The van der Waals surface area contributed by atoms with E-state index < -0.39 is 25.6 Å². The van der Waals surface area contributed by atoms with Gasteiger partial charge in [0, 0.05) is 26.6 Å². The summed E-state index contributed by atoms with van der Waals surface area (Å²) in [5, 5.41) is 4.89. The highest BCUT2D eigenvalue weighted by Crippen LogP contribution is 2.31. The van der Waals surface area contributed by atoms with E-state index in [0.29, 0.717) is 16.2 Å². The topological polar surface area (TPSA) is 97.6 Å². The smallest absolute Gasteiger partial charge is 0.327 e. The Bertz CT molecular complexity index is 606. The minimum Gasteiger partial charge on any atom is -0.361 e. The summed E-state index contributed by atoms with van der Waals surface area (Å²) in [7, 11) is -1.22. The maximum atomic E-state index is 12.7. The Labute approximate surface area is 148 Å². The summed E-state index contributed by atoms with van der Waals surface area (Å²) < 4.78 is 6.13. The van der Waals surface area contributed by atoms with Crippen LogP contribution in [-0.2, 0) is 15.1 Å². The van der Waals surface area contributed by atoms with Crippen molar-refractivity contribution in [3.05, 3.63) is 15.0 Å². The third-order valence-electron chi connectivity index (χ3n) is 3.54. The fourth-order valence-corrected chi connectivity index (χ4v) is 4.27. The van der Waals surface area contributed by atoms with E-state index in [-0.39, 0.29) is 13.3 Å². The zero-order valence-corrected chi connectivity index (χ0v) is 16.8. The molecule has 1 aromatic heterocycles. The van der Waals surface area contributed by atoms with Crippen LogP contribution in [0.5, 0.6) is 0 Å². The monoisotopic (exact) mass is 420 g/mol. The molecule has 3 amide bonds. The van der Waals surface area contributed by atoms with Crippen molar-refractivity contribution >= 4 is 47.3 Å². The second kappa shape index (κ2) is 6.97. The lowest BCUT2D eigenvalue weighted by Gasteiger charge is -2.22. The molecule has 1 fully saturated rings. The van der Waals surface area contributed by atoms with Gasteiger partial charge in [0.15, 0.2) is 5.54 Å². The fourth-order valence-electron chi connectivity index (χ4n) is 2.10. The number of carbonyl (C=O) groups is 2. The van der Waals surface area contributed by atoms with Crippen molar-refractivity contribution in [1.82, 2.24) is 15.2 Å². The molecule has 1 saturated heterocycles. The molecule has 3 N–H and O–H groups in total. The number of hydrogen-bond donors (Lipinski definition) is 2. The van der Waals surface area contributed by atoms with E-state index in [1.165, 1.54) is 11.3 Å². The maximum Gasteiger partial charge on any atom is 0.327 e. The zero-order valence-electron chi connectivity index (χ0n) is 13.4. The number of nitrogens with zero attached hydrogens (tertiary/aromatic N) is 2. The third-order valence-corrected chi connectivity index (χ3v) is 6.96. The molecule has 0 saturated carbocycles. The zero-order chi connectivity index (χ0) is 17.3. The predicted molar refractivity (Wildman–Crippen MR) is 94.9 cm³/mol. The number of halogens is 1. The van der Waals surface area contributed by atoms with Gasteiger partial charge in [0.25, 0.3) is 5.91 Å². The first kappa shape index (κ1) is 18.5. The van der Waals surface area contributed by atoms with Gasteiger partial charge in [-0.2, -0.15) is 0 Å². The number of amides is 3. The summed E-state index contributed by atoms with van der Waals surface area (Å²) in [6, 6.07) is 0.470. The average molecular weight is 421 g/mol. The minimum absolute atomic E-state index is 0.0526. The van der Waals surface area contributed by atoms with E-state index in [0.717, 1.165) is 10.9 Å². The Morgan fingerprint density at radius 3 is 2.70 bits per heavy atom. The van der Waals surface area contributed by atoms with Crippen LogP contribution in [0.1, 0.15) is 5.01 Å². The van der Waals surface area contributed by atoms with Crippen LogP contribution in [0, 0.1) is 0 Å². The van der Waals surface area contributed by atoms with E-state index in [4.69, 9.17) is 10.5 Å². The Kier molecular flexibility index (Phi) is 5.62. The fraction of sp³-hybridized carbons (Fsp3) is 0.615. The van der Waals surface area contributed by atoms with Gasteiger partial charge in [-0.3, -0.25) is 4.79 Å². The van der Waals surface area contributed by atoms with E-state index >= 15 is 0 Å². The number of rotatable bonds is 7. The molecule has 1 aliphatic rings. The largest absolute Gasteiger partial charge is 0.361 e. The molecule has 10 heteroatoms. The molecule has 2 rings (SSSR count). The molecule has 1 aliphatic heterocycles. The number of urea groups is 1. The van der Waals surface area contributed by atoms with Crippen molar-refractivity contribution in [2.75, 3.05) is 19.9 Å². The molecular weight excluding hydrogens is 400 g/mol. The summed E-state index contributed by atoms with van der Waals surface area (Å²) in [5.41, 5.74) is 4.50. The third kappa shape index (κ3) is 3.99. The number of ether oxygens (including phenoxy) is 1. The molecule has 1 atom stereocenters. The van der Waals surface area contributed by atoms with Crippen LogP contribution in [-0.4, -0.2) is 49.8 Å². The number of aromatic nitrogens is 1. The molecule has 0 bridgehead atoms. The summed E-state index contributed by atoms with van der Waals surface area (Å²) in [5.74, 6) is -0.417. The Morgan fingerprint density at radius 2 is 2.17 bits per heavy atom. The van der Waals surface area contributed by atoms with Crippen molar-refractivity contribution in [1.29, 1.82) is 0 Å². The molecule has 0 unspecified atom stereocenters. The summed E-state index contributed by atoms with van der Waals surface area (Å²) in [6.07, 6.45) is 0. The molecule has 0 aromatic carbocycles. The van der Waals surface area contributed by atoms with Crippen molar-refractivity contribution in [2.24, 2.45) is 5.73 Å². The van der Waals surface area contributed by atoms with Crippen LogP contribution < -0.4 is 11.1 Å². The van der Waals surface area contributed by atoms with E-state index in [1.807, 2.05) is 0 Å². The van der Waals surface area contributed by atoms with Gasteiger partial charge in [-0.05, 0) is 22.0 Å². The van der Waals surface area contributed by atoms with Gasteiger partial charge in [0.2, 0.25) is 0 Å². The average Bonchev–Trinajstić information content (AvgIpc) is 2.98. The number of nitrogens with one attached hydrogen (secondary N) is 1. The highest BCUT2D eigenvalue weighted by Gasteiger charge is 2.53. The molecule has 7 nitrogen and oxygen atoms in total. The van der Waals surface area contributed by atoms with Crippen LogP contribution in [0.4, 0.5) is 4.79 Å². The quantitative estimate of drug-likeness (QED) is 0.398.